The largest absolute Gasteiger partial charge is 0.486 e. The second kappa shape index (κ2) is 11.4. The van der Waals surface area contributed by atoms with Gasteiger partial charge in [-0.25, -0.2) is 0 Å². The van der Waals surface area contributed by atoms with E-state index >= 15 is 0 Å². The van der Waals surface area contributed by atoms with Gasteiger partial charge in [0.05, 0.1) is 0 Å². The molecule has 7 nitrogen and oxygen atoms in total. The minimum absolute atomic E-state index is 0.664. The molecule has 2 aromatic carbocycles. The highest BCUT2D eigenvalue weighted by molar-refractivity contribution is 7.33. The maximum atomic E-state index is 10.2. The minimum Gasteiger partial charge on any atom is -0.486 e. The molecule has 2 aromatic rings. The van der Waals surface area contributed by atoms with Crippen LogP contribution in [0.4, 0.5) is 0 Å². The third-order valence-electron chi connectivity index (χ3n) is 3.19. The number of fused-ring (bicyclic) bond motifs is 2. The standard InChI is InChI=1S/2C8H8O2.C2H7O3P/c2*1-2-4-8-7(3-1)9-5-6-10-8;1-4-6(3)5-2/h2*1-4H,5-6H2;6H,1-2H3/i;;6D. The molecule has 0 atom stereocenters. The first kappa shape index (κ1) is 18.6. The molecular formula is C18H23O7P. The fourth-order valence-corrected chi connectivity index (χ4v) is 2.21. The molecule has 2 aliphatic rings. The molecule has 2 aliphatic heterocycles. The van der Waals surface area contributed by atoms with Crippen molar-refractivity contribution < 1.29 is 32.6 Å². The zero-order chi connectivity index (χ0) is 19.5. The summed E-state index contributed by atoms with van der Waals surface area (Å²) in [5.74, 6) is 3.42. The van der Waals surface area contributed by atoms with Gasteiger partial charge in [-0.3, -0.25) is 4.57 Å². The SMILES string of the molecule is [2H]P(=O)(OC)OC.c1ccc2c(c1)OCCO2.c1ccc2c(c1)OCCO2. The summed E-state index contributed by atoms with van der Waals surface area (Å²) >= 11 is 0. The van der Waals surface area contributed by atoms with Crippen molar-refractivity contribution in [2.75, 3.05) is 40.6 Å². The van der Waals surface area contributed by atoms with Crippen molar-refractivity contribution in [2.45, 2.75) is 0 Å². The van der Waals surface area contributed by atoms with Gasteiger partial charge in [-0.1, -0.05) is 24.3 Å². The monoisotopic (exact) mass is 383 g/mol. The van der Waals surface area contributed by atoms with Gasteiger partial charge in [-0.2, -0.15) is 0 Å². The predicted molar refractivity (Wildman–Crippen MR) is 97.9 cm³/mol. The van der Waals surface area contributed by atoms with Crippen molar-refractivity contribution in [3.63, 3.8) is 0 Å². The van der Waals surface area contributed by atoms with Crippen LogP contribution in [0.3, 0.4) is 0 Å². The summed E-state index contributed by atoms with van der Waals surface area (Å²) in [5.41, 5.74) is 0. The third-order valence-corrected chi connectivity index (χ3v) is 3.79. The van der Waals surface area contributed by atoms with Crippen LogP contribution >= 0.6 is 8.20 Å². The normalized spacial score (nSPS) is 14.6. The van der Waals surface area contributed by atoms with Crippen molar-refractivity contribution in [3.05, 3.63) is 48.5 Å². The van der Waals surface area contributed by atoms with Gasteiger partial charge in [0.25, 0.3) is 0 Å². The molecule has 0 aromatic heterocycles. The first-order valence-electron chi connectivity index (χ1n) is 8.44. The van der Waals surface area contributed by atoms with Gasteiger partial charge in [0, 0.05) is 14.2 Å². The maximum absolute atomic E-state index is 10.2. The van der Waals surface area contributed by atoms with E-state index in [2.05, 4.69) is 9.05 Å². The Morgan fingerprint density at radius 1 is 0.731 bits per heavy atom. The van der Waals surface area contributed by atoms with Crippen LogP contribution in [0.2, 0.25) is 0 Å². The van der Waals surface area contributed by atoms with E-state index in [0.29, 0.717) is 26.4 Å². The summed E-state index contributed by atoms with van der Waals surface area (Å²) in [6, 6.07) is 15.4. The number of para-hydroxylation sites is 4. The quantitative estimate of drug-likeness (QED) is 0.734. The zero-order valence-corrected chi connectivity index (χ0v) is 15.6. The highest BCUT2D eigenvalue weighted by Crippen LogP contribution is 2.29. The van der Waals surface area contributed by atoms with Crippen LogP contribution in [-0.4, -0.2) is 41.9 Å². The third kappa shape index (κ3) is 6.59. The second-order valence-corrected chi connectivity index (χ2v) is 6.05. The zero-order valence-electron chi connectivity index (χ0n) is 15.8. The summed E-state index contributed by atoms with van der Waals surface area (Å²) in [4.78, 5) is 0. The van der Waals surface area contributed by atoms with Gasteiger partial charge in [0.15, 0.2) is 24.3 Å². The molecule has 0 saturated heterocycles. The highest BCUT2D eigenvalue weighted by Gasteiger charge is 2.08. The van der Waals surface area contributed by atoms with E-state index in [4.69, 9.17) is 20.2 Å². The van der Waals surface area contributed by atoms with Gasteiger partial charge in [-0.05, 0) is 24.3 Å². The lowest BCUT2D eigenvalue weighted by Gasteiger charge is -2.17. The first-order valence-corrected chi connectivity index (χ1v) is 9.09. The minimum atomic E-state index is -3.40. The second-order valence-electron chi connectivity index (χ2n) is 4.88. The van der Waals surface area contributed by atoms with Gasteiger partial charge >= 0.3 is 8.20 Å². The van der Waals surface area contributed by atoms with Gasteiger partial charge in [0.1, 0.15) is 26.4 Å². The molecule has 0 spiro atoms. The Balaban J connectivity index is 0.000000149. The number of rotatable bonds is 2. The topological polar surface area (TPSA) is 72.5 Å². The van der Waals surface area contributed by atoms with E-state index in [-0.39, 0.29) is 0 Å². The Morgan fingerprint density at radius 2 is 1.00 bits per heavy atom. The molecular weight excluding hydrogens is 359 g/mol. The molecule has 8 heteroatoms. The van der Waals surface area contributed by atoms with E-state index in [1.165, 1.54) is 0 Å². The van der Waals surface area contributed by atoms with Crippen LogP contribution in [0, 0.1) is 0 Å². The molecule has 142 valence electrons. The lowest BCUT2D eigenvalue weighted by atomic mass is 10.3. The van der Waals surface area contributed by atoms with Gasteiger partial charge < -0.3 is 28.0 Å². The molecule has 0 N–H and O–H groups in total. The number of hydrogen-bond donors (Lipinski definition) is 0. The Hall–Kier alpha value is -2.21. The molecule has 0 bridgehead atoms. The maximum Gasteiger partial charge on any atom is 0.318 e. The number of ether oxygens (including phenoxy) is 4. The van der Waals surface area contributed by atoms with Crippen LogP contribution in [0.15, 0.2) is 48.5 Å². The van der Waals surface area contributed by atoms with E-state index in [1.54, 1.807) is 0 Å². The number of hydrogen-bond acceptors (Lipinski definition) is 7. The van der Waals surface area contributed by atoms with Gasteiger partial charge in [-0.15, -0.1) is 0 Å². The van der Waals surface area contributed by atoms with Crippen LogP contribution in [0.1, 0.15) is 0 Å². The first-order chi connectivity index (χ1) is 13.1. The molecule has 2 heterocycles. The van der Waals surface area contributed by atoms with Crippen molar-refractivity contribution in [3.8, 4) is 23.0 Å². The van der Waals surface area contributed by atoms with Crippen molar-refractivity contribution in [1.82, 2.24) is 0 Å². The average Bonchev–Trinajstić information content (AvgIpc) is 2.75. The van der Waals surface area contributed by atoms with Gasteiger partial charge in [0.2, 0.25) is 0 Å². The molecule has 0 aliphatic carbocycles. The van der Waals surface area contributed by atoms with E-state index in [1.807, 2.05) is 48.5 Å². The van der Waals surface area contributed by atoms with E-state index < -0.39 is 8.20 Å². The van der Waals surface area contributed by atoms with Crippen LogP contribution < -0.4 is 18.9 Å². The Kier molecular flexibility index (Phi) is 8.16. The van der Waals surface area contributed by atoms with Crippen LogP contribution in [0.25, 0.3) is 0 Å². The van der Waals surface area contributed by atoms with E-state index in [9.17, 15) is 4.57 Å². The Bertz CT molecular complexity index is 646. The molecule has 0 amide bonds. The fraction of sp³-hybridized carbons (Fsp3) is 0.333. The summed E-state index contributed by atoms with van der Waals surface area (Å²) < 4.78 is 46.1. The Morgan fingerprint density at radius 3 is 1.19 bits per heavy atom. The van der Waals surface area contributed by atoms with Crippen molar-refractivity contribution in [2.24, 2.45) is 0 Å². The molecule has 26 heavy (non-hydrogen) atoms. The molecule has 0 fully saturated rings. The van der Waals surface area contributed by atoms with Crippen LogP contribution in [0.5, 0.6) is 23.0 Å². The fourth-order valence-electron chi connectivity index (χ4n) is 2.06. The highest BCUT2D eigenvalue weighted by atomic mass is 31.1. The number of benzene rings is 2. The Labute approximate surface area is 155 Å². The lowest BCUT2D eigenvalue weighted by Crippen LogP contribution is -2.14. The molecule has 0 saturated carbocycles. The molecule has 0 unspecified atom stereocenters. The summed E-state index contributed by atoms with van der Waals surface area (Å²) in [5, 5.41) is 0. The lowest BCUT2D eigenvalue weighted by molar-refractivity contribution is 0.171. The summed E-state index contributed by atoms with van der Waals surface area (Å²) in [6.07, 6.45) is 0. The predicted octanol–water partition coefficient (Wildman–Crippen LogP) is 3.58. The van der Waals surface area contributed by atoms with Crippen LogP contribution in [-0.2, 0) is 13.6 Å². The smallest absolute Gasteiger partial charge is 0.318 e. The molecule has 0 radical (unpaired) electrons. The van der Waals surface area contributed by atoms with Crippen molar-refractivity contribution >= 4 is 8.20 Å². The summed E-state index contributed by atoms with van der Waals surface area (Å²) in [6.45, 7) is 2.65. The summed E-state index contributed by atoms with van der Waals surface area (Å²) in [7, 11) is -1.08. The van der Waals surface area contributed by atoms with E-state index in [0.717, 1.165) is 37.2 Å². The average molecular weight is 383 g/mol. The van der Waals surface area contributed by atoms with Crippen molar-refractivity contribution in [1.29, 1.82) is 1.28 Å². The molecule has 4 rings (SSSR count).